The van der Waals surface area contributed by atoms with Gasteiger partial charge in [-0.25, -0.2) is 4.79 Å². The van der Waals surface area contributed by atoms with E-state index in [-0.39, 0.29) is 6.09 Å². The first-order chi connectivity index (χ1) is 12.3. The predicted octanol–water partition coefficient (Wildman–Crippen LogP) is 3.46. The van der Waals surface area contributed by atoms with Crippen LogP contribution in [0.4, 0.5) is 4.79 Å². The van der Waals surface area contributed by atoms with E-state index < -0.39 is 8.07 Å². The number of carbonyl (C=O) groups excluding carboxylic acids is 1. The lowest BCUT2D eigenvalue weighted by molar-refractivity contribution is 0.105. The zero-order chi connectivity index (χ0) is 19.0. The molecule has 2 aromatic rings. The number of ether oxygens (including phenoxy) is 1. The lowest BCUT2D eigenvalue weighted by Crippen LogP contribution is -2.34. The van der Waals surface area contributed by atoms with Crippen LogP contribution in [0.1, 0.15) is 11.1 Å². The molecule has 0 heterocycles. The molecule has 0 aromatic heterocycles. The van der Waals surface area contributed by atoms with Gasteiger partial charge in [-0.15, -0.1) is 0 Å². The first kappa shape index (κ1) is 20.3. The summed E-state index contributed by atoms with van der Waals surface area (Å²) in [6.07, 6.45) is 0.622. The van der Waals surface area contributed by atoms with Gasteiger partial charge in [-0.05, 0) is 23.6 Å². The number of nitrogens with zero attached hydrogens (tertiary/aromatic N) is 1. The molecule has 0 aliphatic rings. The minimum absolute atomic E-state index is 0.209. The molecule has 0 aliphatic carbocycles. The second-order valence-electron chi connectivity index (χ2n) is 8.07. The summed E-state index contributed by atoms with van der Waals surface area (Å²) in [7, 11) is 0.887. The minimum Gasteiger partial charge on any atom is -0.450 e. The fourth-order valence-corrected chi connectivity index (χ4v) is 3.42. The summed E-state index contributed by atoms with van der Waals surface area (Å²) in [5.41, 5.74) is 3.62. The minimum atomic E-state index is -1.21. The average Bonchev–Trinajstić information content (AvgIpc) is 2.58. The third-order valence-electron chi connectivity index (χ3n) is 4.30. The van der Waals surface area contributed by atoms with Gasteiger partial charge in [-0.1, -0.05) is 79.7 Å². The second kappa shape index (κ2) is 9.62. The normalized spacial score (nSPS) is 11.2. The zero-order valence-corrected chi connectivity index (χ0v) is 17.5. The number of benzene rings is 2. The highest BCUT2D eigenvalue weighted by atomic mass is 28.3. The molecule has 0 saturated carbocycles. The van der Waals surface area contributed by atoms with Crippen LogP contribution >= 0.6 is 0 Å². The van der Waals surface area contributed by atoms with E-state index in [2.05, 4.69) is 63.9 Å². The van der Waals surface area contributed by atoms with Crippen LogP contribution in [0.5, 0.6) is 0 Å². The first-order valence-corrected chi connectivity index (χ1v) is 13.1. The Labute approximate surface area is 159 Å². The number of amides is 1. The van der Waals surface area contributed by atoms with Gasteiger partial charge in [-0.2, -0.15) is 0 Å². The van der Waals surface area contributed by atoms with Crippen molar-refractivity contribution in [3.63, 3.8) is 0 Å². The van der Waals surface area contributed by atoms with Crippen LogP contribution < -0.4 is 5.46 Å². The molecule has 0 N–H and O–H groups in total. The van der Waals surface area contributed by atoms with Crippen molar-refractivity contribution >= 4 is 27.5 Å². The third-order valence-corrected chi connectivity index (χ3v) is 6.01. The van der Waals surface area contributed by atoms with E-state index in [0.717, 1.165) is 18.0 Å². The van der Waals surface area contributed by atoms with Gasteiger partial charge in [0.2, 0.25) is 0 Å². The summed E-state index contributed by atoms with van der Waals surface area (Å²) in [6, 6.07) is 19.6. The number of rotatable bonds is 8. The van der Waals surface area contributed by atoms with Gasteiger partial charge in [0, 0.05) is 21.2 Å². The highest BCUT2D eigenvalue weighted by molar-refractivity contribution is 6.76. The first-order valence-electron chi connectivity index (χ1n) is 9.35. The van der Waals surface area contributed by atoms with E-state index in [9.17, 15) is 4.79 Å². The molecular weight excluding hydrogens is 337 g/mol. The van der Waals surface area contributed by atoms with E-state index in [1.807, 2.05) is 23.1 Å². The molecule has 0 saturated heterocycles. The zero-order valence-electron chi connectivity index (χ0n) is 16.5. The third kappa shape index (κ3) is 7.48. The SMILES string of the molecule is Bc1cccc(CCN(Cc2ccccc2)C(=O)OCC[Si](C)(C)C)c1. The summed E-state index contributed by atoms with van der Waals surface area (Å²) < 4.78 is 5.59. The molecular formula is C21H30BNO2Si. The molecule has 0 bridgehead atoms. The molecule has 2 rings (SSSR count). The average molecular weight is 367 g/mol. The maximum absolute atomic E-state index is 12.6. The van der Waals surface area contributed by atoms with Gasteiger partial charge in [0.1, 0.15) is 7.85 Å². The highest BCUT2D eigenvalue weighted by Gasteiger charge is 2.18. The van der Waals surface area contributed by atoms with Gasteiger partial charge in [0.15, 0.2) is 0 Å². The van der Waals surface area contributed by atoms with Crippen LogP contribution in [0.15, 0.2) is 54.6 Å². The van der Waals surface area contributed by atoms with Crippen LogP contribution in [-0.4, -0.2) is 40.1 Å². The van der Waals surface area contributed by atoms with Crippen LogP contribution in [0, 0.1) is 0 Å². The van der Waals surface area contributed by atoms with E-state index in [4.69, 9.17) is 4.74 Å². The molecule has 2 aromatic carbocycles. The van der Waals surface area contributed by atoms with E-state index in [0.29, 0.717) is 19.7 Å². The largest absolute Gasteiger partial charge is 0.450 e. The summed E-state index contributed by atoms with van der Waals surface area (Å²) in [4.78, 5) is 14.5. The summed E-state index contributed by atoms with van der Waals surface area (Å²) in [6.45, 7) is 8.63. The Morgan fingerprint density at radius 1 is 1.04 bits per heavy atom. The van der Waals surface area contributed by atoms with Crippen LogP contribution in [-0.2, 0) is 17.7 Å². The van der Waals surface area contributed by atoms with Crippen molar-refractivity contribution in [2.75, 3.05) is 13.2 Å². The lowest BCUT2D eigenvalue weighted by atomic mass is 9.94. The maximum atomic E-state index is 12.6. The Kier molecular flexibility index (Phi) is 7.52. The lowest BCUT2D eigenvalue weighted by Gasteiger charge is -2.23. The standard InChI is InChI=1S/C21H30BNO2Si/c1-26(2,3)15-14-25-21(24)23(17-19-8-5-4-6-9-19)13-12-18-10-7-11-20(22)16-18/h4-11,16H,12-15,17,22H2,1-3H3. The molecule has 0 atom stereocenters. The number of carbonyl (C=O) groups is 1. The van der Waals surface area contributed by atoms with Crippen molar-refractivity contribution in [1.29, 1.82) is 0 Å². The smallest absolute Gasteiger partial charge is 0.410 e. The molecule has 0 unspecified atom stereocenters. The van der Waals surface area contributed by atoms with Crippen molar-refractivity contribution < 1.29 is 9.53 Å². The maximum Gasteiger partial charge on any atom is 0.410 e. The number of hydrogen-bond donors (Lipinski definition) is 0. The molecule has 0 fully saturated rings. The van der Waals surface area contributed by atoms with Crippen molar-refractivity contribution in [2.45, 2.75) is 38.7 Å². The monoisotopic (exact) mass is 367 g/mol. The Balaban J connectivity index is 1.99. The molecule has 26 heavy (non-hydrogen) atoms. The van der Waals surface area contributed by atoms with Crippen molar-refractivity contribution in [2.24, 2.45) is 0 Å². The molecule has 0 radical (unpaired) electrons. The van der Waals surface area contributed by atoms with Crippen molar-refractivity contribution in [1.82, 2.24) is 4.90 Å². The fraction of sp³-hybridized carbons (Fsp3) is 0.381. The molecule has 5 heteroatoms. The van der Waals surface area contributed by atoms with Gasteiger partial charge in [-0.3, -0.25) is 0 Å². The Bertz CT molecular complexity index is 701. The predicted molar refractivity (Wildman–Crippen MR) is 115 cm³/mol. The topological polar surface area (TPSA) is 29.5 Å². The van der Waals surface area contributed by atoms with Crippen LogP contribution in [0.2, 0.25) is 25.7 Å². The van der Waals surface area contributed by atoms with E-state index >= 15 is 0 Å². The molecule has 0 spiro atoms. The highest BCUT2D eigenvalue weighted by Crippen LogP contribution is 2.11. The van der Waals surface area contributed by atoms with Crippen LogP contribution in [0.3, 0.4) is 0 Å². The van der Waals surface area contributed by atoms with Gasteiger partial charge >= 0.3 is 6.09 Å². The number of hydrogen-bond acceptors (Lipinski definition) is 2. The summed E-state index contributed by atoms with van der Waals surface area (Å²) >= 11 is 0. The Morgan fingerprint density at radius 2 is 1.73 bits per heavy atom. The quantitative estimate of drug-likeness (QED) is 0.669. The van der Waals surface area contributed by atoms with Gasteiger partial charge in [0.25, 0.3) is 0 Å². The van der Waals surface area contributed by atoms with Crippen LogP contribution in [0.25, 0.3) is 0 Å². The second-order valence-corrected chi connectivity index (χ2v) is 13.7. The molecule has 3 nitrogen and oxygen atoms in total. The van der Waals surface area contributed by atoms with E-state index in [1.165, 1.54) is 11.0 Å². The summed E-state index contributed by atoms with van der Waals surface area (Å²) in [5, 5.41) is 0. The van der Waals surface area contributed by atoms with Gasteiger partial charge < -0.3 is 9.64 Å². The molecule has 0 aliphatic heterocycles. The van der Waals surface area contributed by atoms with E-state index in [1.54, 1.807) is 0 Å². The molecule has 138 valence electrons. The molecule has 1 amide bonds. The Hall–Kier alpha value is -2.01. The fourth-order valence-electron chi connectivity index (χ4n) is 2.71. The Morgan fingerprint density at radius 3 is 2.38 bits per heavy atom. The van der Waals surface area contributed by atoms with Crippen molar-refractivity contribution in [3.05, 3.63) is 65.7 Å². The van der Waals surface area contributed by atoms with Crippen molar-refractivity contribution in [3.8, 4) is 0 Å². The summed E-state index contributed by atoms with van der Waals surface area (Å²) in [5.74, 6) is 0. The van der Waals surface area contributed by atoms with Gasteiger partial charge in [0.05, 0.1) is 6.61 Å².